The monoisotopic (exact) mass is 363 g/mol. The van der Waals surface area contributed by atoms with Crippen LogP contribution in [0.5, 0.6) is 0 Å². The zero-order valence-corrected chi connectivity index (χ0v) is 15.9. The summed E-state index contributed by atoms with van der Waals surface area (Å²) in [6, 6.07) is 15.4. The number of carbonyl (C=O) groups is 2. The lowest BCUT2D eigenvalue weighted by atomic mass is 10.1. The smallest absolute Gasteiger partial charge is 0.251 e. The van der Waals surface area contributed by atoms with Gasteiger partial charge in [0.05, 0.1) is 18.2 Å². The lowest BCUT2D eigenvalue weighted by molar-refractivity contribution is -0.123. The average molecular weight is 363 g/mol. The van der Waals surface area contributed by atoms with Crippen molar-refractivity contribution >= 4 is 23.2 Å². The third kappa shape index (κ3) is 3.35. The van der Waals surface area contributed by atoms with E-state index in [-0.39, 0.29) is 24.3 Å². The van der Waals surface area contributed by atoms with Crippen molar-refractivity contribution < 1.29 is 9.59 Å². The van der Waals surface area contributed by atoms with Crippen molar-refractivity contribution in [3.05, 3.63) is 59.7 Å². The summed E-state index contributed by atoms with van der Waals surface area (Å²) >= 11 is 0. The van der Waals surface area contributed by atoms with Crippen LogP contribution in [0.25, 0.3) is 0 Å². The largest absolute Gasteiger partial charge is 0.369 e. The van der Waals surface area contributed by atoms with Gasteiger partial charge in [-0.2, -0.15) is 0 Å². The Bertz CT molecular complexity index is 857. The molecule has 2 aromatic carbocycles. The first kappa shape index (κ1) is 17.7. The molecule has 2 aliphatic heterocycles. The molecular formula is C22H25N3O2. The summed E-state index contributed by atoms with van der Waals surface area (Å²) in [6.07, 6.45) is 0.275. The molecule has 0 aromatic heterocycles. The molecule has 2 amide bonds. The van der Waals surface area contributed by atoms with Gasteiger partial charge in [0.25, 0.3) is 5.91 Å². The minimum atomic E-state index is -0.335. The number of aryl methyl sites for hydroxylation is 2. The molecule has 5 heteroatoms. The molecule has 0 saturated carbocycles. The number of nitrogens with zero attached hydrogens (tertiary/aromatic N) is 3. The van der Waals surface area contributed by atoms with E-state index in [0.29, 0.717) is 5.69 Å². The number of anilines is 2. The van der Waals surface area contributed by atoms with Crippen LogP contribution in [0.2, 0.25) is 0 Å². The van der Waals surface area contributed by atoms with Gasteiger partial charge in [-0.3, -0.25) is 14.5 Å². The van der Waals surface area contributed by atoms with Gasteiger partial charge in [0.1, 0.15) is 0 Å². The Kier molecular flexibility index (Phi) is 4.70. The SMILES string of the molecule is Cc1ccc(C)c(N2CCN([C@H]3CC(=O)N(c4ccccc4)C3=O)CC2)c1. The maximum absolute atomic E-state index is 12.9. The van der Waals surface area contributed by atoms with Crippen LogP contribution in [0.3, 0.4) is 0 Å². The highest BCUT2D eigenvalue weighted by molar-refractivity contribution is 6.22. The Morgan fingerprint density at radius 1 is 0.889 bits per heavy atom. The summed E-state index contributed by atoms with van der Waals surface area (Å²) in [5.74, 6) is -0.195. The van der Waals surface area contributed by atoms with Crippen molar-refractivity contribution in [1.82, 2.24) is 4.90 Å². The van der Waals surface area contributed by atoms with Gasteiger partial charge < -0.3 is 4.90 Å². The second-order valence-electron chi connectivity index (χ2n) is 7.44. The molecule has 27 heavy (non-hydrogen) atoms. The molecule has 1 atom stereocenters. The molecule has 4 rings (SSSR count). The number of hydrogen-bond donors (Lipinski definition) is 0. The number of amides is 2. The Morgan fingerprint density at radius 3 is 2.30 bits per heavy atom. The predicted molar refractivity (Wildman–Crippen MR) is 107 cm³/mol. The molecule has 5 nitrogen and oxygen atoms in total. The van der Waals surface area contributed by atoms with E-state index in [2.05, 4.69) is 41.8 Å². The van der Waals surface area contributed by atoms with Crippen LogP contribution in [0.1, 0.15) is 17.5 Å². The van der Waals surface area contributed by atoms with Crippen molar-refractivity contribution in [1.29, 1.82) is 0 Å². The first-order chi connectivity index (χ1) is 13.0. The zero-order valence-electron chi connectivity index (χ0n) is 15.9. The van der Waals surface area contributed by atoms with Gasteiger partial charge in [-0.15, -0.1) is 0 Å². The summed E-state index contributed by atoms with van der Waals surface area (Å²) < 4.78 is 0. The van der Waals surface area contributed by atoms with Crippen molar-refractivity contribution in [2.45, 2.75) is 26.3 Å². The Morgan fingerprint density at radius 2 is 1.59 bits per heavy atom. The molecule has 0 spiro atoms. The number of piperazine rings is 1. The standard InChI is InChI=1S/C22H25N3O2/c1-16-8-9-17(2)19(14-16)23-10-12-24(13-11-23)20-15-21(26)25(22(20)27)18-6-4-3-5-7-18/h3-9,14,20H,10-13,15H2,1-2H3/t20-/m0/s1. The number of para-hydroxylation sites is 1. The van der Waals surface area contributed by atoms with E-state index in [1.165, 1.54) is 21.7 Å². The van der Waals surface area contributed by atoms with E-state index in [0.717, 1.165) is 26.2 Å². The molecule has 0 N–H and O–H groups in total. The fourth-order valence-corrected chi connectivity index (χ4v) is 4.08. The van der Waals surface area contributed by atoms with Crippen LogP contribution in [0.4, 0.5) is 11.4 Å². The minimum absolute atomic E-state index is 0.0913. The average Bonchev–Trinajstić information content (AvgIpc) is 2.99. The molecule has 2 aliphatic rings. The van der Waals surface area contributed by atoms with Crippen molar-refractivity contribution in [3.63, 3.8) is 0 Å². The molecule has 0 unspecified atom stereocenters. The van der Waals surface area contributed by atoms with Crippen LogP contribution in [0, 0.1) is 13.8 Å². The van der Waals surface area contributed by atoms with Gasteiger partial charge >= 0.3 is 0 Å². The fraction of sp³-hybridized carbons (Fsp3) is 0.364. The van der Waals surface area contributed by atoms with Crippen LogP contribution >= 0.6 is 0 Å². The van der Waals surface area contributed by atoms with E-state index in [4.69, 9.17) is 0 Å². The van der Waals surface area contributed by atoms with Gasteiger partial charge in [-0.05, 0) is 43.2 Å². The summed E-state index contributed by atoms with van der Waals surface area (Å²) in [4.78, 5) is 31.3. The van der Waals surface area contributed by atoms with Crippen LogP contribution in [-0.2, 0) is 9.59 Å². The number of imide groups is 1. The first-order valence-electron chi connectivity index (χ1n) is 9.52. The highest BCUT2D eigenvalue weighted by Gasteiger charge is 2.43. The fourth-order valence-electron chi connectivity index (χ4n) is 4.08. The number of benzene rings is 2. The maximum Gasteiger partial charge on any atom is 0.251 e. The Hall–Kier alpha value is -2.66. The maximum atomic E-state index is 12.9. The zero-order chi connectivity index (χ0) is 19.0. The Balaban J connectivity index is 1.45. The molecular weight excluding hydrogens is 338 g/mol. The van der Waals surface area contributed by atoms with E-state index >= 15 is 0 Å². The second kappa shape index (κ2) is 7.16. The Labute approximate surface area is 160 Å². The predicted octanol–water partition coefficient (Wildman–Crippen LogP) is 2.76. The van der Waals surface area contributed by atoms with Crippen LogP contribution in [0.15, 0.2) is 48.5 Å². The molecule has 2 aromatic rings. The van der Waals surface area contributed by atoms with Gasteiger partial charge in [0.15, 0.2) is 0 Å². The van der Waals surface area contributed by atoms with Gasteiger partial charge in [0.2, 0.25) is 5.91 Å². The van der Waals surface area contributed by atoms with Crippen molar-refractivity contribution in [2.75, 3.05) is 36.0 Å². The summed E-state index contributed by atoms with van der Waals surface area (Å²) in [6.45, 7) is 7.57. The number of hydrogen-bond acceptors (Lipinski definition) is 4. The van der Waals surface area contributed by atoms with Crippen molar-refractivity contribution in [3.8, 4) is 0 Å². The minimum Gasteiger partial charge on any atom is -0.369 e. The molecule has 0 bridgehead atoms. The van der Waals surface area contributed by atoms with E-state index in [9.17, 15) is 9.59 Å². The molecule has 140 valence electrons. The van der Waals surface area contributed by atoms with Crippen LogP contribution < -0.4 is 9.80 Å². The quantitative estimate of drug-likeness (QED) is 0.787. The number of rotatable bonds is 3. The summed E-state index contributed by atoms with van der Waals surface area (Å²) in [7, 11) is 0. The molecule has 0 radical (unpaired) electrons. The highest BCUT2D eigenvalue weighted by atomic mass is 16.2. The molecule has 2 saturated heterocycles. The van der Waals surface area contributed by atoms with E-state index in [1.807, 2.05) is 30.3 Å². The normalized spacial score (nSPS) is 21.2. The third-order valence-corrected chi connectivity index (χ3v) is 5.60. The highest BCUT2D eigenvalue weighted by Crippen LogP contribution is 2.28. The summed E-state index contributed by atoms with van der Waals surface area (Å²) in [5.41, 5.74) is 4.47. The lowest BCUT2D eigenvalue weighted by Gasteiger charge is -2.38. The number of carbonyl (C=O) groups excluding carboxylic acids is 2. The third-order valence-electron chi connectivity index (χ3n) is 5.60. The van der Waals surface area contributed by atoms with Gasteiger partial charge in [-0.25, -0.2) is 4.90 Å². The van der Waals surface area contributed by atoms with Gasteiger partial charge in [-0.1, -0.05) is 30.3 Å². The van der Waals surface area contributed by atoms with Crippen molar-refractivity contribution in [2.24, 2.45) is 0 Å². The molecule has 2 heterocycles. The topological polar surface area (TPSA) is 43.9 Å². The van der Waals surface area contributed by atoms with Gasteiger partial charge in [0, 0.05) is 31.9 Å². The second-order valence-corrected chi connectivity index (χ2v) is 7.44. The molecule has 2 fully saturated rings. The van der Waals surface area contributed by atoms with E-state index < -0.39 is 0 Å². The van der Waals surface area contributed by atoms with E-state index in [1.54, 1.807) is 0 Å². The first-order valence-corrected chi connectivity index (χ1v) is 9.52. The lowest BCUT2D eigenvalue weighted by Crippen LogP contribution is -2.52. The summed E-state index contributed by atoms with van der Waals surface area (Å²) in [5, 5.41) is 0. The van der Waals surface area contributed by atoms with Crippen LogP contribution in [-0.4, -0.2) is 48.9 Å². The molecule has 0 aliphatic carbocycles.